The first-order valence-corrected chi connectivity index (χ1v) is 12.4. The number of fused-ring (bicyclic) bond motifs is 1. The maximum Gasteiger partial charge on any atom is 0.424 e. The number of hydrogen-bond donors (Lipinski definition) is 4. The Morgan fingerprint density at radius 3 is 2.33 bits per heavy atom. The monoisotopic (exact) mass is 613 g/mol. The van der Waals surface area contributed by atoms with Gasteiger partial charge in [0.05, 0.1) is 42.5 Å². The van der Waals surface area contributed by atoms with E-state index in [1.54, 1.807) is 6.92 Å². The minimum atomic E-state index is -5.52. The fraction of sp³-hybridized carbons (Fsp3) is 0.259. The van der Waals surface area contributed by atoms with Crippen molar-refractivity contribution in [2.75, 3.05) is 13.2 Å². The topological polar surface area (TPSA) is 143 Å². The van der Waals surface area contributed by atoms with Crippen LogP contribution in [0.1, 0.15) is 34.1 Å². The summed E-state index contributed by atoms with van der Waals surface area (Å²) in [6, 6.07) is 6.47. The Bertz CT molecular complexity index is 1670. The number of aromatic nitrogens is 3. The number of primary amides is 1. The molecular formula is C27H22F7N5O4. The highest BCUT2D eigenvalue weighted by Crippen LogP contribution is 2.42. The van der Waals surface area contributed by atoms with Crippen LogP contribution in [0.25, 0.3) is 22.2 Å². The SMILES string of the molecule is CCOc1c(CC(N)=O)cc([C@@](O)(CNC(=O)c2cc(C(F)(F)F)c3[nH]ncc3c2)C(F)(F)F)nc1-c1ccc(F)cc1. The number of hydrogen-bond acceptors (Lipinski definition) is 6. The highest BCUT2D eigenvalue weighted by molar-refractivity contribution is 5.99. The summed E-state index contributed by atoms with van der Waals surface area (Å²) >= 11 is 0. The third kappa shape index (κ3) is 6.38. The zero-order valence-electron chi connectivity index (χ0n) is 22.0. The molecule has 0 radical (unpaired) electrons. The van der Waals surface area contributed by atoms with Crippen LogP contribution in [-0.2, 0) is 23.0 Å². The van der Waals surface area contributed by atoms with Crippen molar-refractivity contribution in [2.45, 2.75) is 31.3 Å². The Labute approximate surface area is 237 Å². The van der Waals surface area contributed by atoms with Gasteiger partial charge in [0.25, 0.3) is 5.91 Å². The van der Waals surface area contributed by atoms with E-state index in [1.165, 1.54) is 12.1 Å². The summed E-state index contributed by atoms with van der Waals surface area (Å²) in [5, 5.41) is 18.4. The molecule has 0 unspecified atom stereocenters. The molecule has 0 aliphatic rings. The smallest absolute Gasteiger partial charge is 0.424 e. The van der Waals surface area contributed by atoms with E-state index in [2.05, 4.69) is 15.2 Å². The molecule has 9 nitrogen and oxygen atoms in total. The molecule has 2 aromatic carbocycles. The molecule has 0 aliphatic heterocycles. The van der Waals surface area contributed by atoms with Gasteiger partial charge in [-0.3, -0.25) is 14.7 Å². The second kappa shape index (κ2) is 11.5. The van der Waals surface area contributed by atoms with Crippen molar-refractivity contribution >= 4 is 22.7 Å². The first kappa shape index (κ1) is 31.2. The van der Waals surface area contributed by atoms with Crippen LogP contribution >= 0.6 is 0 Å². The van der Waals surface area contributed by atoms with E-state index in [9.17, 15) is 45.4 Å². The van der Waals surface area contributed by atoms with E-state index in [0.29, 0.717) is 6.07 Å². The summed E-state index contributed by atoms with van der Waals surface area (Å²) in [6.45, 7) is -0.0788. The predicted octanol–water partition coefficient (Wildman–Crippen LogP) is 4.39. The standard InChI is InChI=1S/C27H22F7N5O4/c1-2-43-23-14(10-20(35)40)9-19(38-22(23)13-3-5-17(28)6-4-13)25(42,27(32,33)34)12-36-24(41)15-7-16-11-37-39-21(16)18(8-15)26(29,30)31/h3-9,11,42H,2,10,12H2,1H3,(H2,35,40)(H,36,41)(H,37,39)/t25-/m0/s1. The van der Waals surface area contributed by atoms with Crippen molar-refractivity contribution in [3.05, 3.63) is 76.9 Å². The number of ether oxygens (including phenoxy) is 1. The lowest BCUT2D eigenvalue weighted by molar-refractivity contribution is -0.265. The lowest BCUT2D eigenvalue weighted by atomic mass is 9.93. The van der Waals surface area contributed by atoms with Gasteiger partial charge >= 0.3 is 12.4 Å². The Morgan fingerprint density at radius 1 is 1.07 bits per heavy atom. The van der Waals surface area contributed by atoms with Crippen LogP contribution in [0.15, 0.2) is 48.7 Å². The summed E-state index contributed by atoms with van der Waals surface area (Å²) in [4.78, 5) is 28.6. The van der Waals surface area contributed by atoms with Gasteiger partial charge in [0.1, 0.15) is 17.3 Å². The fourth-order valence-corrected chi connectivity index (χ4v) is 4.28. The summed E-state index contributed by atoms with van der Waals surface area (Å²) < 4.78 is 103. The van der Waals surface area contributed by atoms with Crippen molar-refractivity contribution in [3.63, 3.8) is 0 Å². The molecule has 0 bridgehead atoms. The summed E-state index contributed by atoms with van der Waals surface area (Å²) in [5.74, 6) is -3.18. The normalized spacial score (nSPS) is 13.5. The number of benzene rings is 2. The molecule has 16 heteroatoms. The number of aromatic amines is 1. The molecule has 4 rings (SSSR count). The van der Waals surface area contributed by atoms with E-state index in [0.717, 1.165) is 30.5 Å². The number of carbonyl (C=O) groups is 2. The minimum absolute atomic E-state index is 0.0263. The third-order valence-corrected chi connectivity index (χ3v) is 6.33. The van der Waals surface area contributed by atoms with Gasteiger partial charge in [-0.15, -0.1) is 0 Å². The van der Waals surface area contributed by atoms with Crippen LogP contribution in [0.5, 0.6) is 5.75 Å². The van der Waals surface area contributed by atoms with Gasteiger partial charge in [0.2, 0.25) is 11.5 Å². The third-order valence-electron chi connectivity index (χ3n) is 6.33. The van der Waals surface area contributed by atoms with Crippen molar-refractivity contribution in [3.8, 4) is 17.0 Å². The van der Waals surface area contributed by atoms with Gasteiger partial charge in [-0.2, -0.15) is 31.4 Å². The number of nitrogens with one attached hydrogen (secondary N) is 2. The highest BCUT2D eigenvalue weighted by Gasteiger charge is 2.57. The summed E-state index contributed by atoms with van der Waals surface area (Å²) in [5.41, 5.74) is -2.57. The lowest BCUT2D eigenvalue weighted by Gasteiger charge is -2.31. The molecule has 0 aliphatic carbocycles. The molecule has 0 fully saturated rings. The highest BCUT2D eigenvalue weighted by atomic mass is 19.4. The van der Waals surface area contributed by atoms with E-state index in [-0.39, 0.29) is 34.6 Å². The van der Waals surface area contributed by atoms with Gasteiger partial charge < -0.3 is 20.9 Å². The molecular weight excluding hydrogens is 591 g/mol. The molecule has 0 saturated heterocycles. The van der Waals surface area contributed by atoms with Crippen molar-refractivity contribution in [1.29, 1.82) is 0 Å². The van der Waals surface area contributed by atoms with Gasteiger partial charge in [0.15, 0.2) is 0 Å². The Balaban J connectivity index is 1.81. The summed E-state index contributed by atoms with van der Waals surface area (Å²) in [7, 11) is 0. The van der Waals surface area contributed by atoms with Gasteiger partial charge in [-0.1, -0.05) is 0 Å². The van der Waals surface area contributed by atoms with Crippen molar-refractivity contribution in [2.24, 2.45) is 5.73 Å². The average Bonchev–Trinajstić information content (AvgIpc) is 3.39. The van der Waals surface area contributed by atoms with Crippen LogP contribution < -0.4 is 15.8 Å². The molecule has 1 atom stereocenters. The average molecular weight is 613 g/mol. The number of nitrogens with two attached hydrogens (primary N) is 1. The van der Waals surface area contributed by atoms with Crippen LogP contribution in [0, 0.1) is 5.82 Å². The van der Waals surface area contributed by atoms with Crippen LogP contribution in [0.4, 0.5) is 30.7 Å². The van der Waals surface area contributed by atoms with Crippen LogP contribution in [0.2, 0.25) is 0 Å². The van der Waals surface area contributed by atoms with E-state index < -0.39 is 70.9 Å². The molecule has 43 heavy (non-hydrogen) atoms. The number of rotatable bonds is 9. The fourth-order valence-electron chi connectivity index (χ4n) is 4.28. The minimum Gasteiger partial charge on any atom is -0.491 e. The number of aliphatic hydroxyl groups is 1. The predicted molar refractivity (Wildman–Crippen MR) is 137 cm³/mol. The van der Waals surface area contributed by atoms with Crippen LogP contribution in [0.3, 0.4) is 0 Å². The largest absolute Gasteiger partial charge is 0.491 e. The number of H-pyrrole nitrogens is 1. The Hall–Kier alpha value is -4.73. The molecule has 2 amide bonds. The van der Waals surface area contributed by atoms with E-state index in [1.807, 2.05) is 5.32 Å². The first-order valence-electron chi connectivity index (χ1n) is 12.4. The summed E-state index contributed by atoms with van der Waals surface area (Å²) in [6.07, 6.45) is -10.1. The molecule has 0 spiro atoms. The number of alkyl halides is 6. The number of nitrogens with zero attached hydrogens (tertiary/aromatic N) is 2. The number of halogens is 7. The quantitative estimate of drug-likeness (QED) is 0.206. The van der Waals surface area contributed by atoms with Crippen LogP contribution in [-0.4, -0.2) is 51.4 Å². The zero-order valence-corrected chi connectivity index (χ0v) is 22.0. The molecule has 0 saturated carbocycles. The Morgan fingerprint density at radius 2 is 1.74 bits per heavy atom. The second-order valence-corrected chi connectivity index (χ2v) is 9.32. The van der Waals surface area contributed by atoms with Crippen molar-refractivity contribution in [1.82, 2.24) is 20.5 Å². The van der Waals surface area contributed by atoms with Gasteiger partial charge in [-0.25, -0.2) is 9.37 Å². The second-order valence-electron chi connectivity index (χ2n) is 9.32. The molecule has 228 valence electrons. The van der Waals surface area contributed by atoms with Gasteiger partial charge in [0, 0.05) is 22.1 Å². The Kier molecular flexibility index (Phi) is 8.35. The lowest BCUT2D eigenvalue weighted by Crippen LogP contribution is -2.51. The molecule has 2 heterocycles. The maximum atomic E-state index is 14.5. The molecule has 4 aromatic rings. The number of amides is 2. The first-order chi connectivity index (χ1) is 20.0. The van der Waals surface area contributed by atoms with E-state index >= 15 is 0 Å². The number of carbonyl (C=O) groups excluding carboxylic acids is 2. The molecule has 5 N–H and O–H groups in total. The number of pyridine rings is 1. The zero-order chi connectivity index (χ0) is 31.7. The van der Waals surface area contributed by atoms with Gasteiger partial charge in [-0.05, 0) is 49.4 Å². The molecule has 2 aromatic heterocycles. The maximum absolute atomic E-state index is 14.5. The van der Waals surface area contributed by atoms with E-state index in [4.69, 9.17) is 10.5 Å². The van der Waals surface area contributed by atoms with Crippen molar-refractivity contribution < 1.29 is 50.2 Å².